The van der Waals surface area contributed by atoms with E-state index in [0.29, 0.717) is 24.3 Å². The number of aliphatic hydroxyl groups excluding tert-OH is 1. The maximum Gasteiger partial charge on any atom is 0.231 e. The molecule has 41 heavy (non-hydrogen) atoms. The molecule has 0 spiro atoms. The zero-order chi connectivity index (χ0) is 27.9. The molecule has 0 saturated heterocycles. The van der Waals surface area contributed by atoms with Crippen molar-refractivity contribution in [3.8, 4) is 0 Å². The number of aliphatic hydroxyl groups is 1. The van der Waals surface area contributed by atoms with Gasteiger partial charge in [-0.2, -0.15) is 0 Å². The van der Waals surface area contributed by atoms with E-state index in [1.54, 1.807) is 42.5 Å². The van der Waals surface area contributed by atoms with E-state index in [0.717, 1.165) is 5.56 Å². The fraction of sp³-hybridized carbons (Fsp3) is 0.214. The minimum atomic E-state index is -2.24. The molecule has 0 bridgehead atoms. The summed E-state index contributed by atoms with van der Waals surface area (Å²) in [5, 5.41) is 16.0. The lowest BCUT2D eigenvalue weighted by Crippen LogP contribution is -2.23. The highest BCUT2D eigenvalue weighted by molar-refractivity contribution is 5.91. The molecule has 4 rings (SSSR count). The SMILES string of the molecule is Cl.Cl.O=C(Cc1nc(CCNC[C@H](O)c2ccccc2)cn1Cc1c(F)c(F)c(F)c(F)c1F)Nc1ccccc1. The first-order chi connectivity index (χ1) is 18.7. The quantitative estimate of drug-likeness (QED) is 0.0898. The first-order valence-corrected chi connectivity index (χ1v) is 12.1. The van der Waals surface area contributed by atoms with Crippen molar-refractivity contribution in [3.05, 3.63) is 119 Å². The molecule has 0 unspecified atom stereocenters. The topological polar surface area (TPSA) is 79.2 Å². The van der Waals surface area contributed by atoms with Crippen LogP contribution < -0.4 is 10.6 Å². The number of nitrogens with one attached hydrogen (secondary N) is 2. The summed E-state index contributed by atoms with van der Waals surface area (Å²) in [5.41, 5.74) is 0.637. The van der Waals surface area contributed by atoms with Crippen molar-refractivity contribution in [1.82, 2.24) is 14.9 Å². The van der Waals surface area contributed by atoms with E-state index in [4.69, 9.17) is 0 Å². The number of hydrogen-bond donors (Lipinski definition) is 3. The van der Waals surface area contributed by atoms with Crippen molar-refractivity contribution in [3.63, 3.8) is 0 Å². The van der Waals surface area contributed by atoms with Gasteiger partial charge in [0.05, 0.1) is 24.8 Å². The molecule has 0 radical (unpaired) electrons. The van der Waals surface area contributed by atoms with Crippen LogP contribution in [-0.4, -0.2) is 33.7 Å². The van der Waals surface area contributed by atoms with Gasteiger partial charge in [-0.15, -0.1) is 24.8 Å². The third-order valence-corrected chi connectivity index (χ3v) is 5.99. The molecule has 0 fully saturated rings. The Balaban J connectivity index is 0.00000294. The maximum atomic E-state index is 14.4. The van der Waals surface area contributed by atoms with Crippen molar-refractivity contribution in [1.29, 1.82) is 0 Å². The standard InChI is InChI=1S/C28H25F5N4O2.2ClH/c29-24-20(25(30)27(32)28(33)26(24)31)16-37-15-19(11-12-34-14-21(38)17-7-3-1-4-8-17)35-22(37)13-23(39)36-18-9-5-2-6-10-18;;/h1-10,15,21,34,38H,11-14,16H2,(H,36,39);2*1H/t21-;;/m0../s1. The Labute approximate surface area is 245 Å². The smallest absolute Gasteiger partial charge is 0.231 e. The van der Waals surface area contributed by atoms with Crippen molar-refractivity contribution in [2.75, 3.05) is 18.4 Å². The van der Waals surface area contributed by atoms with E-state index in [1.165, 1.54) is 10.8 Å². The number of rotatable bonds is 11. The van der Waals surface area contributed by atoms with E-state index >= 15 is 0 Å². The highest BCUT2D eigenvalue weighted by Gasteiger charge is 2.26. The van der Waals surface area contributed by atoms with Crippen LogP contribution in [0.5, 0.6) is 0 Å². The Morgan fingerprint density at radius 3 is 2.02 bits per heavy atom. The molecule has 4 aromatic rings. The molecule has 1 amide bonds. The van der Waals surface area contributed by atoms with Gasteiger partial charge in [0.2, 0.25) is 11.7 Å². The molecular formula is C28H27Cl2F5N4O2. The Kier molecular flexibility index (Phi) is 12.7. The van der Waals surface area contributed by atoms with Gasteiger partial charge in [0.15, 0.2) is 23.3 Å². The molecule has 0 saturated carbocycles. The van der Waals surface area contributed by atoms with Gasteiger partial charge in [0.1, 0.15) is 5.82 Å². The second-order valence-corrected chi connectivity index (χ2v) is 8.80. The highest BCUT2D eigenvalue weighted by Crippen LogP contribution is 2.24. The number of aromatic nitrogens is 2. The lowest BCUT2D eigenvalue weighted by atomic mass is 10.1. The lowest BCUT2D eigenvalue weighted by Gasteiger charge is -2.12. The van der Waals surface area contributed by atoms with E-state index in [-0.39, 0.29) is 43.6 Å². The summed E-state index contributed by atoms with van der Waals surface area (Å²) in [7, 11) is 0. The van der Waals surface area contributed by atoms with Gasteiger partial charge in [0.25, 0.3) is 0 Å². The van der Waals surface area contributed by atoms with Crippen LogP contribution in [0, 0.1) is 29.1 Å². The van der Waals surface area contributed by atoms with E-state index in [2.05, 4.69) is 15.6 Å². The first-order valence-electron chi connectivity index (χ1n) is 12.1. The summed E-state index contributed by atoms with van der Waals surface area (Å²) in [4.78, 5) is 17.0. The second-order valence-electron chi connectivity index (χ2n) is 8.80. The van der Waals surface area contributed by atoms with Crippen molar-refractivity contribution >= 4 is 36.4 Å². The van der Waals surface area contributed by atoms with Crippen LogP contribution in [0.2, 0.25) is 0 Å². The molecule has 220 valence electrons. The molecule has 3 aromatic carbocycles. The predicted molar refractivity (Wildman–Crippen MR) is 149 cm³/mol. The predicted octanol–water partition coefficient (Wildman–Crippen LogP) is 5.52. The normalized spacial score (nSPS) is 11.4. The summed E-state index contributed by atoms with van der Waals surface area (Å²) >= 11 is 0. The number of carbonyl (C=O) groups is 1. The van der Waals surface area contributed by atoms with Crippen molar-refractivity contribution < 1.29 is 31.9 Å². The lowest BCUT2D eigenvalue weighted by molar-refractivity contribution is -0.115. The molecule has 1 atom stereocenters. The molecule has 0 aliphatic carbocycles. The van der Waals surface area contributed by atoms with Gasteiger partial charge in [0, 0.05) is 37.0 Å². The summed E-state index contributed by atoms with van der Waals surface area (Å²) < 4.78 is 71.0. The van der Waals surface area contributed by atoms with Crippen molar-refractivity contribution in [2.45, 2.75) is 25.5 Å². The summed E-state index contributed by atoms with van der Waals surface area (Å²) in [6.45, 7) is -0.117. The monoisotopic (exact) mass is 616 g/mol. The molecule has 1 aromatic heterocycles. The molecule has 3 N–H and O–H groups in total. The average molecular weight is 617 g/mol. The highest BCUT2D eigenvalue weighted by atomic mass is 35.5. The van der Waals surface area contributed by atoms with Crippen molar-refractivity contribution in [2.24, 2.45) is 0 Å². The second kappa shape index (κ2) is 15.5. The number of halogens is 7. The number of benzene rings is 3. The molecule has 1 heterocycles. The number of carbonyl (C=O) groups excluding carboxylic acids is 1. The van der Waals surface area contributed by atoms with Gasteiger partial charge >= 0.3 is 0 Å². The van der Waals surface area contributed by atoms with Crippen LogP contribution >= 0.6 is 24.8 Å². The Morgan fingerprint density at radius 2 is 1.41 bits per heavy atom. The third kappa shape index (κ3) is 8.49. The third-order valence-electron chi connectivity index (χ3n) is 5.99. The van der Waals surface area contributed by atoms with Gasteiger partial charge in [-0.05, 0) is 17.7 Å². The molecular weight excluding hydrogens is 590 g/mol. The fourth-order valence-electron chi connectivity index (χ4n) is 3.99. The number of hydrogen-bond acceptors (Lipinski definition) is 4. The summed E-state index contributed by atoms with van der Waals surface area (Å²) in [5.74, 6) is -10.6. The van der Waals surface area contributed by atoms with Crippen LogP contribution in [0.3, 0.4) is 0 Å². The van der Waals surface area contributed by atoms with E-state index in [9.17, 15) is 31.9 Å². The summed E-state index contributed by atoms with van der Waals surface area (Å²) in [6.07, 6.45) is 0.650. The Hall–Kier alpha value is -3.51. The Bertz CT molecular complexity index is 1410. The number of amides is 1. The number of anilines is 1. The largest absolute Gasteiger partial charge is 0.387 e. The van der Waals surface area contributed by atoms with Crippen LogP contribution in [-0.2, 0) is 24.2 Å². The van der Waals surface area contributed by atoms with Gasteiger partial charge in [-0.1, -0.05) is 48.5 Å². The molecule has 0 aliphatic rings. The Morgan fingerprint density at radius 1 is 0.854 bits per heavy atom. The van der Waals surface area contributed by atoms with Crippen LogP contribution in [0.4, 0.5) is 27.6 Å². The maximum absolute atomic E-state index is 14.4. The molecule has 0 aliphatic heterocycles. The minimum absolute atomic E-state index is 0. The van der Waals surface area contributed by atoms with Gasteiger partial charge in [-0.3, -0.25) is 4.79 Å². The summed E-state index contributed by atoms with van der Waals surface area (Å²) in [6, 6.07) is 17.6. The number of nitrogens with zero attached hydrogens (tertiary/aromatic N) is 2. The fourth-order valence-corrected chi connectivity index (χ4v) is 3.99. The van der Waals surface area contributed by atoms with Crippen LogP contribution in [0.15, 0.2) is 66.9 Å². The molecule has 13 heteroatoms. The van der Waals surface area contributed by atoms with Crippen LogP contribution in [0.1, 0.15) is 28.7 Å². The molecule has 6 nitrogen and oxygen atoms in total. The van der Waals surface area contributed by atoms with Gasteiger partial charge in [-0.25, -0.2) is 26.9 Å². The number of para-hydroxylation sites is 1. The van der Waals surface area contributed by atoms with E-state index in [1.807, 2.05) is 18.2 Å². The zero-order valence-electron chi connectivity index (χ0n) is 21.4. The first kappa shape index (κ1) is 33.7. The number of imidazole rings is 1. The van der Waals surface area contributed by atoms with E-state index < -0.39 is 53.2 Å². The van der Waals surface area contributed by atoms with Gasteiger partial charge < -0.3 is 20.3 Å². The van der Waals surface area contributed by atoms with Crippen LogP contribution in [0.25, 0.3) is 0 Å². The zero-order valence-corrected chi connectivity index (χ0v) is 23.1. The minimum Gasteiger partial charge on any atom is -0.387 e. The average Bonchev–Trinajstić information content (AvgIpc) is 3.32.